The molecule has 72 valence electrons. The summed E-state index contributed by atoms with van der Waals surface area (Å²) in [5.74, 6) is 0. The summed E-state index contributed by atoms with van der Waals surface area (Å²) in [6.07, 6.45) is -1.63. The normalized spacial score (nSPS) is 9.93. The van der Waals surface area contributed by atoms with Crippen molar-refractivity contribution >= 4 is 28.9 Å². The number of aldehydes is 1. The van der Waals surface area contributed by atoms with Crippen LogP contribution in [0.3, 0.4) is 0 Å². The standard InChI is InChI=1S/C8H3F2IN2O/c9-7(10)5-2-13-8(11)4(1-12)6(5)3-14/h2-3,7H. The molecule has 0 bridgehead atoms. The number of hydrogen-bond acceptors (Lipinski definition) is 3. The van der Waals surface area contributed by atoms with Crippen molar-refractivity contribution in [1.29, 1.82) is 5.26 Å². The van der Waals surface area contributed by atoms with Gasteiger partial charge in [-0.2, -0.15) is 5.26 Å². The summed E-state index contributed by atoms with van der Waals surface area (Å²) >= 11 is 1.71. The van der Waals surface area contributed by atoms with Gasteiger partial charge in [0.05, 0.1) is 5.56 Å². The van der Waals surface area contributed by atoms with Crippen LogP contribution in [0.1, 0.15) is 27.9 Å². The Morgan fingerprint density at radius 2 is 2.29 bits per heavy atom. The molecule has 0 saturated heterocycles. The second kappa shape index (κ2) is 4.41. The molecular formula is C8H3F2IN2O. The molecule has 0 N–H and O–H groups in total. The fraction of sp³-hybridized carbons (Fsp3) is 0.125. The summed E-state index contributed by atoms with van der Waals surface area (Å²) in [4.78, 5) is 14.2. The predicted molar refractivity (Wildman–Crippen MR) is 52.0 cm³/mol. The first kappa shape index (κ1) is 11.0. The lowest BCUT2D eigenvalue weighted by atomic mass is 10.1. The Balaban J connectivity index is 3.50. The average Bonchev–Trinajstić information content (AvgIpc) is 2.16. The zero-order valence-electron chi connectivity index (χ0n) is 6.67. The summed E-state index contributed by atoms with van der Waals surface area (Å²) in [5.41, 5.74) is -0.878. The van der Waals surface area contributed by atoms with Crippen molar-refractivity contribution in [2.75, 3.05) is 0 Å². The van der Waals surface area contributed by atoms with Crippen molar-refractivity contribution in [3.63, 3.8) is 0 Å². The van der Waals surface area contributed by atoms with Crippen molar-refractivity contribution in [3.8, 4) is 6.07 Å². The van der Waals surface area contributed by atoms with E-state index in [1.165, 1.54) is 0 Å². The molecule has 3 nitrogen and oxygen atoms in total. The maximum Gasteiger partial charge on any atom is 0.266 e. The highest BCUT2D eigenvalue weighted by Crippen LogP contribution is 2.25. The van der Waals surface area contributed by atoms with E-state index in [4.69, 9.17) is 5.26 Å². The largest absolute Gasteiger partial charge is 0.298 e. The molecule has 1 rings (SSSR count). The quantitative estimate of drug-likeness (QED) is 0.478. The molecule has 1 aromatic heterocycles. The van der Waals surface area contributed by atoms with E-state index in [-0.39, 0.29) is 21.1 Å². The van der Waals surface area contributed by atoms with Crippen LogP contribution in [0.5, 0.6) is 0 Å². The second-order valence-electron chi connectivity index (χ2n) is 2.32. The zero-order chi connectivity index (χ0) is 10.7. The molecule has 1 heterocycles. The number of alkyl halides is 2. The van der Waals surface area contributed by atoms with Crippen LogP contribution in [-0.2, 0) is 0 Å². The van der Waals surface area contributed by atoms with Crippen molar-refractivity contribution in [1.82, 2.24) is 4.98 Å². The number of nitriles is 1. The van der Waals surface area contributed by atoms with Gasteiger partial charge in [-0.15, -0.1) is 0 Å². The van der Waals surface area contributed by atoms with Gasteiger partial charge in [0.15, 0.2) is 6.29 Å². The van der Waals surface area contributed by atoms with Crippen LogP contribution in [-0.4, -0.2) is 11.3 Å². The number of rotatable bonds is 2. The van der Waals surface area contributed by atoms with Crippen molar-refractivity contribution in [2.45, 2.75) is 6.43 Å². The van der Waals surface area contributed by atoms with E-state index in [9.17, 15) is 13.6 Å². The van der Waals surface area contributed by atoms with E-state index in [0.717, 1.165) is 6.20 Å². The highest BCUT2D eigenvalue weighted by Gasteiger charge is 2.18. The Bertz CT molecular complexity index is 415. The van der Waals surface area contributed by atoms with Gasteiger partial charge in [-0.1, -0.05) is 0 Å². The maximum atomic E-state index is 12.4. The van der Waals surface area contributed by atoms with Gasteiger partial charge in [-0.25, -0.2) is 13.8 Å². The minimum absolute atomic E-state index is 0.0987. The van der Waals surface area contributed by atoms with E-state index in [2.05, 4.69) is 4.98 Å². The van der Waals surface area contributed by atoms with Crippen LogP contribution in [0.2, 0.25) is 0 Å². The summed E-state index contributed by atoms with van der Waals surface area (Å²) in [6.45, 7) is 0. The lowest BCUT2D eigenvalue weighted by molar-refractivity contribution is 0.110. The molecule has 0 fully saturated rings. The molecule has 0 aliphatic carbocycles. The van der Waals surface area contributed by atoms with Crippen molar-refractivity contribution in [2.24, 2.45) is 0 Å². The van der Waals surface area contributed by atoms with Crippen LogP contribution >= 0.6 is 22.6 Å². The molecule has 0 atom stereocenters. The van der Waals surface area contributed by atoms with Gasteiger partial charge in [0.1, 0.15) is 9.77 Å². The van der Waals surface area contributed by atoms with Crippen molar-refractivity contribution in [3.05, 3.63) is 26.6 Å². The number of nitrogens with zero attached hydrogens (tertiary/aromatic N) is 2. The van der Waals surface area contributed by atoms with Crippen LogP contribution < -0.4 is 0 Å². The average molecular weight is 308 g/mol. The number of carbonyl (C=O) groups excluding carboxylic acids is 1. The van der Waals surface area contributed by atoms with Crippen LogP contribution in [0.4, 0.5) is 8.78 Å². The fourth-order valence-electron chi connectivity index (χ4n) is 0.923. The first-order valence-corrected chi connectivity index (χ1v) is 4.51. The molecule has 6 heteroatoms. The molecule has 0 amide bonds. The molecule has 1 aromatic rings. The number of aromatic nitrogens is 1. The van der Waals surface area contributed by atoms with Crippen LogP contribution in [0, 0.1) is 15.0 Å². The molecule has 0 unspecified atom stereocenters. The second-order valence-corrected chi connectivity index (χ2v) is 3.35. The molecule has 0 saturated carbocycles. The van der Waals surface area contributed by atoms with E-state index in [0.29, 0.717) is 0 Å². The SMILES string of the molecule is N#Cc1c(I)ncc(C(F)F)c1C=O. The minimum atomic E-state index is -2.80. The number of pyridine rings is 1. The Morgan fingerprint density at radius 1 is 1.64 bits per heavy atom. The first-order valence-electron chi connectivity index (χ1n) is 3.43. The van der Waals surface area contributed by atoms with Gasteiger partial charge < -0.3 is 0 Å². The highest BCUT2D eigenvalue weighted by molar-refractivity contribution is 14.1. The summed E-state index contributed by atoms with van der Waals surface area (Å²) in [5, 5.41) is 8.64. The predicted octanol–water partition coefficient (Wildman–Crippen LogP) is 2.31. The third kappa shape index (κ3) is 1.87. The molecule has 0 aliphatic heterocycles. The number of halogens is 3. The van der Waals surface area contributed by atoms with E-state index in [1.54, 1.807) is 28.7 Å². The molecule has 0 spiro atoms. The maximum absolute atomic E-state index is 12.4. The number of hydrogen-bond donors (Lipinski definition) is 0. The van der Waals surface area contributed by atoms with Gasteiger partial charge in [0, 0.05) is 17.3 Å². The van der Waals surface area contributed by atoms with Crippen LogP contribution in [0.25, 0.3) is 0 Å². The van der Waals surface area contributed by atoms with Gasteiger partial charge in [0.25, 0.3) is 6.43 Å². The van der Waals surface area contributed by atoms with Gasteiger partial charge in [0.2, 0.25) is 0 Å². The summed E-state index contributed by atoms with van der Waals surface area (Å²) < 4.78 is 25.0. The number of carbonyl (C=O) groups is 1. The monoisotopic (exact) mass is 308 g/mol. The lowest BCUT2D eigenvalue weighted by Crippen LogP contribution is -2.01. The van der Waals surface area contributed by atoms with Gasteiger partial charge >= 0.3 is 0 Å². The molecule has 0 radical (unpaired) electrons. The molecule has 14 heavy (non-hydrogen) atoms. The topological polar surface area (TPSA) is 53.8 Å². The summed E-state index contributed by atoms with van der Waals surface area (Å²) in [6, 6.07) is 1.68. The van der Waals surface area contributed by atoms with Crippen molar-refractivity contribution < 1.29 is 13.6 Å². The highest BCUT2D eigenvalue weighted by atomic mass is 127. The van der Waals surface area contributed by atoms with E-state index < -0.39 is 12.0 Å². The van der Waals surface area contributed by atoms with E-state index >= 15 is 0 Å². The third-order valence-electron chi connectivity index (χ3n) is 1.57. The van der Waals surface area contributed by atoms with E-state index in [1.807, 2.05) is 0 Å². The third-order valence-corrected chi connectivity index (χ3v) is 2.39. The molecule has 0 aliphatic rings. The Hall–Kier alpha value is -1.10. The molecule has 0 aromatic carbocycles. The first-order chi connectivity index (χ1) is 6.61. The summed E-state index contributed by atoms with van der Waals surface area (Å²) in [7, 11) is 0. The lowest BCUT2D eigenvalue weighted by Gasteiger charge is -2.05. The van der Waals surface area contributed by atoms with Gasteiger partial charge in [-0.05, 0) is 22.6 Å². The smallest absolute Gasteiger partial charge is 0.266 e. The molecular weight excluding hydrogens is 305 g/mol. The Morgan fingerprint density at radius 3 is 2.71 bits per heavy atom. The van der Waals surface area contributed by atoms with Crippen LogP contribution in [0.15, 0.2) is 6.20 Å². The fourth-order valence-corrected chi connectivity index (χ4v) is 1.47. The van der Waals surface area contributed by atoms with Gasteiger partial charge in [-0.3, -0.25) is 4.79 Å². The zero-order valence-corrected chi connectivity index (χ0v) is 8.83. The Kier molecular flexibility index (Phi) is 3.46. The Labute approximate surface area is 91.9 Å². The minimum Gasteiger partial charge on any atom is -0.298 e.